The molecular formula is C45H45N5O4. The summed E-state index contributed by atoms with van der Waals surface area (Å²) >= 11 is 0. The standard InChI is InChI=1S/C45H45N5O4/c51-31-33-14-16-35(17-15-33)43-26-38(30-50-24-22-49(23-25-50)29-32-8-2-1-3-9-32)53-45(54-43)36-20-18-34(19-21-36)39-11-5-4-10-37(39)27-47-44(52)42-28-46-40-12-6-7-13-41(40)48-42/h1-21,28,38,43,45,51H,22-27,29-31H2,(H,47,52)/t38-,43+,45+/m1/s1. The summed E-state index contributed by atoms with van der Waals surface area (Å²) in [6.07, 6.45) is 1.59. The number of amides is 1. The minimum atomic E-state index is -0.530. The van der Waals surface area contributed by atoms with Gasteiger partial charge in [0.25, 0.3) is 5.91 Å². The van der Waals surface area contributed by atoms with Gasteiger partial charge in [-0.25, -0.2) is 4.98 Å². The third-order valence-corrected chi connectivity index (χ3v) is 10.4. The molecule has 0 spiro atoms. The van der Waals surface area contributed by atoms with E-state index in [2.05, 4.69) is 97.9 Å². The number of fused-ring (bicyclic) bond motifs is 1. The Bertz CT molecular complexity index is 2150. The second-order valence-electron chi connectivity index (χ2n) is 14.1. The van der Waals surface area contributed by atoms with Gasteiger partial charge < -0.3 is 19.9 Å². The normalized spacial score (nSPS) is 19.5. The fourth-order valence-electron chi connectivity index (χ4n) is 7.40. The van der Waals surface area contributed by atoms with E-state index in [1.165, 1.54) is 11.8 Å². The van der Waals surface area contributed by atoms with E-state index in [0.29, 0.717) is 12.1 Å². The summed E-state index contributed by atoms with van der Waals surface area (Å²) in [6, 6.07) is 42.7. The fourth-order valence-corrected chi connectivity index (χ4v) is 7.40. The minimum absolute atomic E-state index is 0.0109. The molecule has 9 heteroatoms. The maximum absolute atomic E-state index is 13.1. The predicted molar refractivity (Wildman–Crippen MR) is 209 cm³/mol. The number of carbonyl (C=O) groups is 1. The van der Waals surface area contributed by atoms with Gasteiger partial charge in [0.05, 0.1) is 36.0 Å². The van der Waals surface area contributed by atoms with Gasteiger partial charge in [-0.05, 0) is 45.5 Å². The Kier molecular flexibility index (Phi) is 11.1. The van der Waals surface area contributed by atoms with Gasteiger partial charge in [0, 0.05) is 57.8 Å². The first-order valence-corrected chi connectivity index (χ1v) is 18.8. The fraction of sp³-hybridized carbons (Fsp3) is 0.267. The number of nitrogens with zero attached hydrogens (tertiary/aromatic N) is 4. The average Bonchev–Trinajstić information content (AvgIpc) is 3.24. The molecule has 9 nitrogen and oxygen atoms in total. The number of aromatic nitrogens is 2. The maximum atomic E-state index is 13.1. The van der Waals surface area contributed by atoms with Crippen LogP contribution in [-0.2, 0) is 29.2 Å². The minimum Gasteiger partial charge on any atom is -0.392 e. The van der Waals surface area contributed by atoms with Crippen molar-refractivity contribution < 1.29 is 19.4 Å². The van der Waals surface area contributed by atoms with Crippen LogP contribution in [0, 0.1) is 0 Å². The molecule has 2 aliphatic heterocycles. The Morgan fingerprint density at radius 2 is 1.41 bits per heavy atom. The van der Waals surface area contributed by atoms with Crippen LogP contribution in [0.15, 0.2) is 134 Å². The van der Waals surface area contributed by atoms with E-state index in [9.17, 15) is 9.90 Å². The summed E-state index contributed by atoms with van der Waals surface area (Å²) in [5, 5.41) is 12.7. The van der Waals surface area contributed by atoms with Gasteiger partial charge in [-0.3, -0.25) is 19.6 Å². The van der Waals surface area contributed by atoms with Crippen LogP contribution in [0.3, 0.4) is 0 Å². The molecule has 5 aromatic carbocycles. The molecule has 6 aromatic rings. The number of ether oxygens (including phenoxy) is 2. The van der Waals surface area contributed by atoms with Crippen LogP contribution in [0.2, 0.25) is 0 Å². The number of para-hydroxylation sites is 2. The van der Waals surface area contributed by atoms with Crippen molar-refractivity contribution in [2.75, 3.05) is 32.7 Å². The molecule has 2 aliphatic rings. The molecule has 8 rings (SSSR count). The van der Waals surface area contributed by atoms with E-state index in [1.54, 1.807) is 0 Å². The number of piperazine rings is 1. The Hall–Kier alpha value is -5.29. The Balaban J connectivity index is 0.947. The van der Waals surface area contributed by atoms with Crippen molar-refractivity contribution in [3.8, 4) is 11.1 Å². The van der Waals surface area contributed by atoms with E-state index in [4.69, 9.17) is 9.47 Å². The van der Waals surface area contributed by atoms with Crippen LogP contribution in [-0.4, -0.2) is 69.6 Å². The third-order valence-electron chi connectivity index (χ3n) is 10.4. The summed E-state index contributed by atoms with van der Waals surface area (Å²) in [5.41, 5.74) is 9.05. The average molecular weight is 720 g/mol. The van der Waals surface area contributed by atoms with Crippen molar-refractivity contribution in [3.63, 3.8) is 0 Å². The first-order valence-electron chi connectivity index (χ1n) is 18.8. The third kappa shape index (κ3) is 8.57. The lowest BCUT2D eigenvalue weighted by molar-refractivity contribution is -0.253. The first-order chi connectivity index (χ1) is 26.6. The van der Waals surface area contributed by atoms with Gasteiger partial charge in [-0.2, -0.15) is 0 Å². The van der Waals surface area contributed by atoms with E-state index in [1.807, 2.05) is 54.6 Å². The van der Waals surface area contributed by atoms with Crippen molar-refractivity contribution in [2.24, 2.45) is 0 Å². The lowest BCUT2D eigenvalue weighted by Crippen LogP contribution is -2.49. The lowest BCUT2D eigenvalue weighted by Gasteiger charge is -2.40. The SMILES string of the molecule is O=C(NCc1ccccc1-c1ccc([C@H]2O[C@@H](CN3CCN(Cc4ccccc4)CC3)C[C@@H](c3ccc(CO)cc3)O2)cc1)c1cnc2ccccc2n1. The highest BCUT2D eigenvalue weighted by molar-refractivity contribution is 5.93. The van der Waals surface area contributed by atoms with E-state index in [-0.39, 0.29) is 30.4 Å². The maximum Gasteiger partial charge on any atom is 0.271 e. The van der Waals surface area contributed by atoms with E-state index < -0.39 is 6.29 Å². The molecule has 0 aliphatic carbocycles. The number of aliphatic hydroxyl groups is 1. The van der Waals surface area contributed by atoms with Gasteiger partial charge in [-0.1, -0.05) is 115 Å². The molecule has 54 heavy (non-hydrogen) atoms. The number of nitrogens with one attached hydrogen (secondary N) is 1. The number of aliphatic hydroxyl groups excluding tert-OH is 1. The predicted octanol–water partition coefficient (Wildman–Crippen LogP) is 7.08. The largest absolute Gasteiger partial charge is 0.392 e. The summed E-state index contributed by atoms with van der Waals surface area (Å²) in [6.45, 7) is 6.22. The summed E-state index contributed by atoms with van der Waals surface area (Å²) < 4.78 is 13.4. The second kappa shape index (κ2) is 16.8. The van der Waals surface area contributed by atoms with Crippen molar-refractivity contribution >= 4 is 16.9 Å². The van der Waals surface area contributed by atoms with Crippen molar-refractivity contribution in [3.05, 3.63) is 167 Å². The smallest absolute Gasteiger partial charge is 0.271 e. The quantitative estimate of drug-likeness (QED) is 0.147. The molecule has 1 amide bonds. The topological polar surface area (TPSA) is 100 Å². The van der Waals surface area contributed by atoms with Gasteiger partial charge in [0.15, 0.2) is 6.29 Å². The zero-order chi connectivity index (χ0) is 36.7. The van der Waals surface area contributed by atoms with Gasteiger partial charge in [0.2, 0.25) is 0 Å². The van der Waals surface area contributed by atoms with Crippen LogP contribution in [0.5, 0.6) is 0 Å². The van der Waals surface area contributed by atoms with Crippen LogP contribution < -0.4 is 5.32 Å². The Labute approximate surface area is 316 Å². The summed E-state index contributed by atoms with van der Waals surface area (Å²) in [7, 11) is 0. The molecule has 0 radical (unpaired) electrons. The van der Waals surface area contributed by atoms with Gasteiger partial charge >= 0.3 is 0 Å². The zero-order valence-electron chi connectivity index (χ0n) is 30.3. The highest BCUT2D eigenvalue weighted by Gasteiger charge is 2.34. The highest BCUT2D eigenvalue weighted by atomic mass is 16.7. The molecule has 2 fully saturated rings. The number of hydrogen-bond acceptors (Lipinski definition) is 8. The van der Waals surface area contributed by atoms with Crippen LogP contribution >= 0.6 is 0 Å². The number of hydrogen-bond donors (Lipinski definition) is 2. The number of rotatable bonds is 11. The van der Waals surface area contributed by atoms with Gasteiger partial charge in [-0.15, -0.1) is 0 Å². The Morgan fingerprint density at radius 1 is 0.722 bits per heavy atom. The number of benzene rings is 5. The molecule has 274 valence electrons. The number of carbonyl (C=O) groups excluding carboxylic acids is 1. The molecule has 3 atom stereocenters. The lowest BCUT2D eigenvalue weighted by atomic mass is 9.97. The first kappa shape index (κ1) is 35.7. The van der Waals surface area contributed by atoms with Crippen molar-refractivity contribution in [1.82, 2.24) is 25.1 Å². The molecule has 1 aromatic heterocycles. The zero-order valence-corrected chi connectivity index (χ0v) is 30.3. The molecule has 2 N–H and O–H groups in total. The highest BCUT2D eigenvalue weighted by Crippen LogP contribution is 2.39. The van der Waals surface area contributed by atoms with Gasteiger partial charge in [0.1, 0.15) is 5.69 Å². The van der Waals surface area contributed by atoms with Crippen LogP contribution in [0.1, 0.15) is 57.1 Å². The molecule has 0 unspecified atom stereocenters. The second-order valence-corrected chi connectivity index (χ2v) is 14.1. The molecule has 0 bridgehead atoms. The van der Waals surface area contributed by atoms with Crippen LogP contribution in [0.25, 0.3) is 22.2 Å². The molecule has 3 heterocycles. The van der Waals surface area contributed by atoms with Crippen molar-refractivity contribution in [2.45, 2.75) is 44.6 Å². The summed E-state index contributed by atoms with van der Waals surface area (Å²) in [4.78, 5) is 27.0. The monoisotopic (exact) mass is 719 g/mol. The summed E-state index contributed by atoms with van der Waals surface area (Å²) in [5.74, 6) is -0.269. The molecule has 2 saturated heterocycles. The van der Waals surface area contributed by atoms with Crippen molar-refractivity contribution in [1.29, 1.82) is 0 Å². The van der Waals surface area contributed by atoms with E-state index in [0.717, 1.165) is 84.6 Å². The van der Waals surface area contributed by atoms with E-state index >= 15 is 0 Å². The Morgan fingerprint density at radius 3 is 2.19 bits per heavy atom. The van der Waals surface area contributed by atoms with Crippen LogP contribution in [0.4, 0.5) is 0 Å². The molecule has 0 saturated carbocycles. The molecular weight excluding hydrogens is 675 g/mol.